The average molecular weight is 272 g/mol. The van der Waals surface area contributed by atoms with Gasteiger partial charge in [0.25, 0.3) is 5.69 Å². The first-order chi connectivity index (χ1) is 8.45. The Kier molecular flexibility index (Phi) is 4.91. The molecule has 0 fully saturated rings. The molecule has 1 rings (SSSR count). The van der Waals surface area contributed by atoms with E-state index in [1.54, 1.807) is 25.1 Å². The first kappa shape index (κ1) is 14.2. The Morgan fingerprint density at radius 1 is 1.56 bits per heavy atom. The predicted molar refractivity (Wildman–Crippen MR) is 70.1 cm³/mol. The number of carbonyl (C=O) groups excluding carboxylic acids is 1. The molecule has 0 saturated heterocycles. The minimum absolute atomic E-state index is 0.0524. The van der Waals surface area contributed by atoms with Crippen LogP contribution in [0, 0.1) is 10.1 Å². The number of rotatable bonds is 5. The zero-order chi connectivity index (χ0) is 13.7. The molecule has 0 unspecified atom stereocenters. The highest BCUT2D eigenvalue weighted by molar-refractivity contribution is 6.33. The number of carbonyl (C=O) groups is 1. The number of nitro groups is 1. The number of benzene rings is 1. The number of nitro benzene ring substituents is 1. The van der Waals surface area contributed by atoms with Crippen molar-refractivity contribution >= 4 is 28.9 Å². The third-order valence-corrected chi connectivity index (χ3v) is 2.81. The summed E-state index contributed by atoms with van der Waals surface area (Å²) < 4.78 is 0. The average Bonchev–Trinajstić information content (AvgIpc) is 2.35. The minimum atomic E-state index is -0.500. The standard InChI is InChI=1S/C11H14ClN3O3/c1-13-11(16)5-6-14(2)10-4-3-8(15(17)18)7-9(10)12/h3-4,7H,5-6H2,1-2H3,(H,13,16). The molecule has 0 spiro atoms. The second-order valence-electron chi connectivity index (χ2n) is 3.74. The van der Waals surface area contributed by atoms with Crippen LogP contribution in [0.4, 0.5) is 11.4 Å². The van der Waals surface area contributed by atoms with Gasteiger partial charge in [-0.1, -0.05) is 11.6 Å². The summed E-state index contributed by atoms with van der Waals surface area (Å²) in [7, 11) is 3.34. The Morgan fingerprint density at radius 2 is 2.22 bits per heavy atom. The van der Waals surface area contributed by atoms with Crippen molar-refractivity contribution in [3.8, 4) is 0 Å². The first-order valence-electron chi connectivity index (χ1n) is 5.31. The van der Waals surface area contributed by atoms with Gasteiger partial charge in [-0.25, -0.2) is 0 Å². The summed E-state index contributed by atoms with van der Waals surface area (Å²) in [5.41, 5.74) is 0.606. The molecule has 98 valence electrons. The first-order valence-corrected chi connectivity index (χ1v) is 5.69. The van der Waals surface area contributed by atoms with Crippen molar-refractivity contribution in [2.75, 3.05) is 25.5 Å². The van der Waals surface area contributed by atoms with Crippen molar-refractivity contribution < 1.29 is 9.72 Å². The van der Waals surface area contributed by atoms with Gasteiger partial charge in [0.2, 0.25) is 5.91 Å². The van der Waals surface area contributed by atoms with E-state index in [-0.39, 0.29) is 11.6 Å². The van der Waals surface area contributed by atoms with E-state index in [1.165, 1.54) is 12.1 Å². The number of hydrogen-bond donors (Lipinski definition) is 1. The third kappa shape index (κ3) is 3.59. The van der Waals surface area contributed by atoms with Crippen LogP contribution in [-0.4, -0.2) is 31.5 Å². The van der Waals surface area contributed by atoms with E-state index < -0.39 is 4.92 Å². The normalized spacial score (nSPS) is 9.94. The quantitative estimate of drug-likeness (QED) is 0.655. The monoisotopic (exact) mass is 271 g/mol. The van der Waals surface area contributed by atoms with Crippen molar-refractivity contribution in [2.24, 2.45) is 0 Å². The maximum Gasteiger partial charge on any atom is 0.271 e. The zero-order valence-electron chi connectivity index (χ0n) is 10.1. The Labute approximate surface area is 110 Å². The van der Waals surface area contributed by atoms with Gasteiger partial charge in [0.05, 0.1) is 15.6 Å². The molecule has 0 bridgehead atoms. The second-order valence-corrected chi connectivity index (χ2v) is 4.14. The van der Waals surface area contributed by atoms with Crippen LogP contribution in [0.15, 0.2) is 18.2 Å². The number of nitrogens with one attached hydrogen (secondary N) is 1. The van der Waals surface area contributed by atoms with E-state index in [9.17, 15) is 14.9 Å². The van der Waals surface area contributed by atoms with E-state index >= 15 is 0 Å². The van der Waals surface area contributed by atoms with Gasteiger partial charge in [-0.15, -0.1) is 0 Å². The van der Waals surface area contributed by atoms with Gasteiger partial charge in [0, 0.05) is 39.2 Å². The Hall–Kier alpha value is -1.82. The molecule has 0 saturated carbocycles. The van der Waals surface area contributed by atoms with Crippen LogP contribution in [-0.2, 0) is 4.79 Å². The lowest BCUT2D eigenvalue weighted by Gasteiger charge is -2.19. The molecule has 1 N–H and O–H groups in total. The molecule has 1 aromatic carbocycles. The fraction of sp³-hybridized carbons (Fsp3) is 0.364. The van der Waals surface area contributed by atoms with Crippen LogP contribution in [0.2, 0.25) is 5.02 Å². The number of non-ortho nitro benzene ring substituents is 1. The molecule has 0 aliphatic carbocycles. The smallest absolute Gasteiger partial charge is 0.271 e. The summed E-state index contributed by atoms with van der Waals surface area (Å²) in [6, 6.07) is 4.26. The molecule has 0 radical (unpaired) electrons. The summed E-state index contributed by atoms with van der Waals surface area (Å²) in [5.74, 6) is -0.0696. The number of anilines is 1. The van der Waals surface area contributed by atoms with Gasteiger partial charge in [-0.05, 0) is 6.07 Å². The zero-order valence-corrected chi connectivity index (χ0v) is 10.9. The summed E-state index contributed by atoms with van der Waals surface area (Å²) in [4.78, 5) is 23.0. The van der Waals surface area contributed by atoms with Gasteiger partial charge in [0.15, 0.2) is 0 Å². The fourth-order valence-electron chi connectivity index (χ4n) is 1.43. The topological polar surface area (TPSA) is 75.5 Å². The Balaban J connectivity index is 2.77. The molecule has 6 nitrogen and oxygen atoms in total. The summed E-state index contributed by atoms with van der Waals surface area (Å²) in [6.45, 7) is 0.483. The molecule has 1 aromatic rings. The molecule has 0 heterocycles. The molecule has 0 aromatic heterocycles. The highest BCUT2D eigenvalue weighted by Gasteiger charge is 2.12. The molecule has 0 atom stereocenters. The molecule has 18 heavy (non-hydrogen) atoms. The van der Waals surface area contributed by atoms with E-state index in [1.807, 2.05) is 0 Å². The van der Waals surface area contributed by atoms with E-state index in [2.05, 4.69) is 5.32 Å². The van der Waals surface area contributed by atoms with E-state index in [0.717, 1.165) is 0 Å². The van der Waals surface area contributed by atoms with Gasteiger partial charge < -0.3 is 10.2 Å². The minimum Gasteiger partial charge on any atom is -0.373 e. The predicted octanol–water partition coefficient (Wildman–Crippen LogP) is 1.82. The van der Waals surface area contributed by atoms with Gasteiger partial charge in [-0.2, -0.15) is 0 Å². The van der Waals surface area contributed by atoms with Crippen LogP contribution in [0.25, 0.3) is 0 Å². The highest BCUT2D eigenvalue weighted by atomic mass is 35.5. The van der Waals surface area contributed by atoms with E-state index in [0.29, 0.717) is 23.7 Å². The molecule has 7 heteroatoms. The maximum absolute atomic E-state index is 11.1. The van der Waals surface area contributed by atoms with Crippen LogP contribution in [0.5, 0.6) is 0 Å². The lowest BCUT2D eigenvalue weighted by Crippen LogP contribution is -2.26. The lowest BCUT2D eigenvalue weighted by atomic mass is 10.2. The maximum atomic E-state index is 11.1. The van der Waals surface area contributed by atoms with Crippen molar-refractivity contribution in [1.82, 2.24) is 5.32 Å². The summed E-state index contributed by atoms with van der Waals surface area (Å²) in [6.07, 6.45) is 0.334. The number of halogens is 1. The molecule has 0 aliphatic heterocycles. The SMILES string of the molecule is CNC(=O)CCN(C)c1ccc([N+](=O)[O-])cc1Cl. The van der Waals surface area contributed by atoms with Crippen molar-refractivity contribution in [3.63, 3.8) is 0 Å². The van der Waals surface area contributed by atoms with Gasteiger partial charge in [-0.3, -0.25) is 14.9 Å². The third-order valence-electron chi connectivity index (χ3n) is 2.51. The fourth-order valence-corrected chi connectivity index (χ4v) is 1.75. The lowest BCUT2D eigenvalue weighted by molar-refractivity contribution is -0.384. The molecular weight excluding hydrogens is 258 g/mol. The van der Waals surface area contributed by atoms with E-state index in [4.69, 9.17) is 11.6 Å². The number of amides is 1. The largest absolute Gasteiger partial charge is 0.373 e. The van der Waals surface area contributed by atoms with Crippen LogP contribution in [0.1, 0.15) is 6.42 Å². The number of nitrogens with zero attached hydrogens (tertiary/aromatic N) is 2. The molecule has 1 amide bonds. The van der Waals surface area contributed by atoms with Crippen molar-refractivity contribution in [1.29, 1.82) is 0 Å². The summed E-state index contributed by atoms with van der Waals surface area (Å²) >= 11 is 5.97. The van der Waals surface area contributed by atoms with Crippen molar-refractivity contribution in [2.45, 2.75) is 6.42 Å². The van der Waals surface area contributed by atoms with Gasteiger partial charge in [0.1, 0.15) is 0 Å². The van der Waals surface area contributed by atoms with Crippen molar-refractivity contribution in [3.05, 3.63) is 33.3 Å². The van der Waals surface area contributed by atoms with Gasteiger partial charge >= 0.3 is 0 Å². The van der Waals surface area contributed by atoms with Crippen LogP contribution in [0.3, 0.4) is 0 Å². The Morgan fingerprint density at radius 3 is 2.72 bits per heavy atom. The molecule has 0 aliphatic rings. The summed E-state index contributed by atoms with van der Waals surface area (Å²) in [5, 5.41) is 13.4. The number of hydrogen-bond acceptors (Lipinski definition) is 4. The Bertz CT molecular complexity index is 465. The second kappa shape index (κ2) is 6.20. The van der Waals surface area contributed by atoms with Crippen LogP contribution >= 0.6 is 11.6 Å². The van der Waals surface area contributed by atoms with Crippen LogP contribution < -0.4 is 10.2 Å². The highest BCUT2D eigenvalue weighted by Crippen LogP contribution is 2.29. The molecular formula is C11H14ClN3O3.